The third-order valence-electron chi connectivity index (χ3n) is 5.48. The first-order valence-corrected chi connectivity index (χ1v) is 9.77. The summed E-state index contributed by atoms with van der Waals surface area (Å²) in [6, 6.07) is 18.3. The molecule has 2 aliphatic rings. The van der Waals surface area contributed by atoms with Gasteiger partial charge < -0.3 is 14.7 Å². The largest absolute Gasteiger partial charge is 0.493 e. The molecular weight excluding hydrogens is 382 g/mol. The van der Waals surface area contributed by atoms with Crippen LogP contribution in [0.25, 0.3) is 0 Å². The van der Waals surface area contributed by atoms with E-state index in [0.29, 0.717) is 18.7 Å². The van der Waals surface area contributed by atoms with Gasteiger partial charge in [0.1, 0.15) is 5.75 Å². The summed E-state index contributed by atoms with van der Waals surface area (Å²) in [6.45, 7) is 2.58. The van der Waals surface area contributed by atoms with Gasteiger partial charge in [-0.05, 0) is 23.6 Å². The van der Waals surface area contributed by atoms with Gasteiger partial charge >= 0.3 is 0 Å². The number of ether oxygens (including phenoxy) is 1. The van der Waals surface area contributed by atoms with Crippen LogP contribution in [-0.2, 0) is 17.8 Å². The van der Waals surface area contributed by atoms with E-state index in [1.165, 1.54) is 11.1 Å². The summed E-state index contributed by atoms with van der Waals surface area (Å²) < 4.78 is 7.75. The van der Waals surface area contributed by atoms with Crippen LogP contribution in [0.5, 0.6) is 5.75 Å². The Balaban J connectivity index is 0.000000687. The van der Waals surface area contributed by atoms with Crippen LogP contribution in [0.2, 0.25) is 0 Å². The molecular formula is C23H23N3O4. The Hall–Kier alpha value is -3.61. The first kappa shape index (κ1) is 19.7. The highest BCUT2D eigenvalue weighted by Crippen LogP contribution is 2.41. The number of benzene rings is 2. The summed E-state index contributed by atoms with van der Waals surface area (Å²) >= 11 is 0. The van der Waals surface area contributed by atoms with Gasteiger partial charge in [0.05, 0.1) is 24.9 Å². The van der Waals surface area contributed by atoms with Crippen molar-refractivity contribution in [2.45, 2.75) is 13.0 Å². The average Bonchev–Trinajstić information content (AvgIpc) is 3.21. The van der Waals surface area contributed by atoms with E-state index in [1.807, 2.05) is 52.2 Å². The fourth-order valence-electron chi connectivity index (χ4n) is 4.10. The van der Waals surface area contributed by atoms with Crippen LogP contribution in [0, 0.1) is 5.41 Å². The molecule has 2 aromatic carbocycles. The minimum Gasteiger partial charge on any atom is -0.493 e. The molecule has 30 heavy (non-hydrogen) atoms. The summed E-state index contributed by atoms with van der Waals surface area (Å²) in [6.07, 6.45) is 4.48. The zero-order valence-corrected chi connectivity index (χ0v) is 16.5. The Morgan fingerprint density at radius 1 is 1.13 bits per heavy atom. The molecule has 1 aromatic heterocycles. The Morgan fingerprint density at radius 2 is 1.83 bits per heavy atom. The molecule has 0 radical (unpaired) electrons. The lowest BCUT2D eigenvalue weighted by Gasteiger charge is -2.51. The Morgan fingerprint density at radius 3 is 2.60 bits per heavy atom. The van der Waals surface area contributed by atoms with Gasteiger partial charge in [0.2, 0.25) is 0 Å². The van der Waals surface area contributed by atoms with Crippen LogP contribution >= 0.6 is 0 Å². The molecule has 5 rings (SSSR count). The second-order valence-electron chi connectivity index (χ2n) is 7.75. The number of carboxylic acid groups (broad SMARTS) is 1. The van der Waals surface area contributed by atoms with Crippen molar-refractivity contribution in [2.24, 2.45) is 5.41 Å². The number of likely N-dealkylation sites (tertiary alicyclic amines) is 1. The third kappa shape index (κ3) is 4.05. The van der Waals surface area contributed by atoms with Gasteiger partial charge in [0, 0.05) is 24.7 Å². The minimum absolute atomic E-state index is 0.0544. The molecule has 154 valence electrons. The number of fused-ring (bicyclic) bond motifs is 1. The smallest absolute Gasteiger partial charge is 0.290 e. The molecule has 0 atom stereocenters. The van der Waals surface area contributed by atoms with Gasteiger partial charge in [-0.1, -0.05) is 48.5 Å². The average molecular weight is 405 g/mol. The second kappa shape index (κ2) is 8.41. The molecule has 2 aliphatic heterocycles. The molecule has 0 saturated carbocycles. The Kier molecular flexibility index (Phi) is 5.52. The van der Waals surface area contributed by atoms with E-state index in [2.05, 4.69) is 23.3 Å². The van der Waals surface area contributed by atoms with Crippen LogP contribution in [0.1, 0.15) is 21.5 Å². The highest BCUT2D eigenvalue weighted by molar-refractivity contribution is 5.94. The molecule has 1 N–H and O–H groups in total. The van der Waals surface area contributed by atoms with Crippen LogP contribution in [0.15, 0.2) is 67.0 Å². The van der Waals surface area contributed by atoms with Gasteiger partial charge in [-0.2, -0.15) is 5.10 Å². The maximum absolute atomic E-state index is 12.8. The van der Waals surface area contributed by atoms with E-state index in [1.54, 1.807) is 6.20 Å². The van der Waals surface area contributed by atoms with Crippen LogP contribution in [0.3, 0.4) is 0 Å². The fraction of sp³-hybridized carbons (Fsp3) is 0.261. The molecule has 7 heteroatoms. The van der Waals surface area contributed by atoms with Crippen molar-refractivity contribution in [3.63, 3.8) is 0 Å². The van der Waals surface area contributed by atoms with Gasteiger partial charge in [-0.3, -0.25) is 14.3 Å². The van der Waals surface area contributed by atoms with Crippen LogP contribution in [0.4, 0.5) is 0 Å². The summed E-state index contributed by atoms with van der Waals surface area (Å²) in [7, 11) is 0. The predicted octanol–water partition coefficient (Wildman–Crippen LogP) is 2.71. The number of hydrogen-bond donors (Lipinski definition) is 1. The second-order valence-corrected chi connectivity index (χ2v) is 7.75. The van der Waals surface area contributed by atoms with E-state index in [0.717, 1.165) is 25.3 Å². The monoisotopic (exact) mass is 405 g/mol. The van der Waals surface area contributed by atoms with Crippen LogP contribution < -0.4 is 4.74 Å². The van der Waals surface area contributed by atoms with Gasteiger partial charge in [-0.15, -0.1) is 0 Å². The van der Waals surface area contributed by atoms with Crippen molar-refractivity contribution < 1.29 is 19.4 Å². The van der Waals surface area contributed by atoms with Crippen molar-refractivity contribution in [1.82, 2.24) is 14.7 Å². The lowest BCUT2D eigenvalue weighted by molar-refractivity contribution is -0.122. The maximum atomic E-state index is 12.8. The summed E-state index contributed by atoms with van der Waals surface area (Å²) in [4.78, 5) is 23.1. The highest BCUT2D eigenvalue weighted by atomic mass is 16.5. The van der Waals surface area contributed by atoms with Crippen molar-refractivity contribution in [3.8, 4) is 5.75 Å². The van der Waals surface area contributed by atoms with E-state index in [4.69, 9.17) is 14.6 Å². The number of carbonyl (C=O) groups excluding carboxylic acids is 1. The normalized spacial score (nSPS) is 15.8. The lowest BCUT2D eigenvalue weighted by Crippen LogP contribution is -2.62. The fourth-order valence-corrected chi connectivity index (χ4v) is 4.10. The maximum Gasteiger partial charge on any atom is 0.290 e. The number of amides is 1. The van der Waals surface area contributed by atoms with Crippen molar-refractivity contribution in [3.05, 3.63) is 83.7 Å². The summed E-state index contributed by atoms with van der Waals surface area (Å²) in [5.41, 5.74) is 3.12. The molecule has 1 fully saturated rings. The Labute approximate surface area is 174 Å². The quantitative estimate of drug-likeness (QED) is 0.678. The number of carbonyl (C=O) groups is 2. The third-order valence-corrected chi connectivity index (χ3v) is 5.48. The molecule has 3 aromatic rings. The summed E-state index contributed by atoms with van der Waals surface area (Å²) in [5.74, 6) is 1.04. The van der Waals surface area contributed by atoms with E-state index in [-0.39, 0.29) is 17.8 Å². The zero-order chi connectivity index (χ0) is 21.0. The number of rotatable bonds is 3. The molecule has 1 amide bonds. The first-order chi connectivity index (χ1) is 14.6. The van der Waals surface area contributed by atoms with Gasteiger partial charge in [0.25, 0.3) is 12.4 Å². The van der Waals surface area contributed by atoms with Crippen molar-refractivity contribution in [2.75, 3.05) is 19.7 Å². The van der Waals surface area contributed by atoms with E-state index < -0.39 is 0 Å². The van der Waals surface area contributed by atoms with Crippen molar-refractivity contribution >= 4 is 12.4 Å². The lowest BCUT2D eigenvalue weighted by atomic mass is 9.74. The SMILES string of the molecule is O=C(c1cnn(Cc2ccccc2)c1)N1CC2(COc3ccccc3C2)C1.O=CO. The number of nitrogens with zero attached hydrogens (tertiary/aromatic N) is 3. The number of para-hydroxylation sites is 1. The molecule has 1 spiro atoms. The topological polar surface area (TPSA) is 84.7 Å². The summed E-state index contributed by atoms with van der Waals surface area (Å²) in [5, 5.41) is 11.2. The van der Waals surface area contributed by atoms with Crippen LogP contribution in [-0.4, -0.2) is 51.9 Å². The molecule has 0 aliphatic carbocycles. The number of hydrogen-bond acceptors (Lipinski definition) is 4. The van der Waals surface area contributed by atoms with Gasteiger partial charge in [0.15, 0.2) is 0 Å². The van der Waals surface area contributed by atoms with Crippen molar-refractivity contribution in [1.29, 1.82) is 0 Å². The molecule has 7 nitrogen and oxygen atoms in total. The molecule has 0 bridgehead atoms. The minimum atomic E-state index is -0.250. The molecule has 0 unspecified atom stereocenters. The molecule has 3 heterocycles. The van der Waals surface area contributed by atoms with E-state index in [9.17, 15) is 4.79 Å². The zero-order valence-electron chi connectivity index (χ0n) is 16.5. The van der Waals surface area contributed by atoms with Gasteiger partial charge in [-0.25, -0.2) is 0 Å². The van der Waals surface area contributed by atoms with E-state index >= 15 is 0 Å². The standard InChI is InChI=1S/C22H21N3O2.CH2O2/c26-21(19-11-23-25(13-19)12-17-6-2-1-3-7-17)24-14-22(15-24)10-18-8-4-5-9-20(18)27-16-22;2-1-3/h1-9,11,13H,10,12,14-16H2;1H,(H,2,3). The Bertz CT molecular complexity index is 1030. The molecule has 1 saturated heterocycles. The predicted molar refractivity (Wildman–Crippen MR) is 110 cm³/mol. The first-order valence-electron chi connectivity index (χ1n) is 9.77. The number of aromatic nitrogens is 2. The highest BCUT2D eigenvalue weighted by Gasteiger charge is 2.48.